The average molecular weight is 411 g/mol. The van der Waals surface area contributed by atoms with Gasteiger partial charge in [0.05, 0.1) is 6.26 Å². The number of aromatic nitrogens is 1. The first-order valence-corrected chi connectivity index (χ1v) is 11.7. The molecule has 1 saturated heterocycles. The zero-order chi connectivity index (χ0) is 20.4. The zero-order valence-electron chi connectivity index (χ0n) is 16.7. The number of pyridine rings is 1. The van der Waals surface area contributed by atoms with Crippen LogP contribution < -0.4 is 10.6 Å². The molecule has 7 heteroatoms. The number of nitrogens with one attached hydrogen (secondary N) is 2. The molecule has 0 atom stereocenters. The van der Waals surface area contributed by atoms with Crippen molar-refractivity contribution in [1.82, 2.24) is 9.29 Å². The second-order valence-corrected chi connectivity index (χ2v) is 9.51. The quantitative estimate of drug-likeness (QED) is 0.670. The van der Waals surface area contributed by atoms with Crippen molar-refractivity contribution in [2.75, 3.05) is 37.0 Å². The highest BCUT2D eigenvalue weighted by Gasteiger charge is 2.25. The molecule has 1 aromatic heterocycles. The largest absolute Gasteiger partial charge is 0.388 e. The van der Waals surface area contributed by atoms with Gasteiger partial charge in [0, 0.05) is 55.3 Å². The van der Waals surface area contributed by atoms with Gasteiger partial charge in [-0.3, -0.25) is 4.98 Å². The molecule has 2 aromatic carbocycles. The average Bonchev–Trinajstić information content (AvgIpc) is 2.73. The van der Waals surface area contributed by atoms with Crippen molar-refractivity contribution < 1.29 is 8.42 Å². The first kappa shape index (κ1) is 19.7. The van der Waals surface area contributed by atoms with E-state index in [2.05, 4.69) is 39.9 Å². The van der Waals surface area contributed by atoms with E-state index in [1.165, 1.54) is 6.26 Å². The molecular formula is C22H26N4O2S. The van der Waals surface area contributed by atoms with Crippen LogP contribution in [0.5, 0.6) is 0 Å². The van der Waals surface area contributed by atoms with E-state index in [-0.39, 0.29) is 6.04 Å². The van der Waals surface area contributed by atoms with Crippen LogP contribution in [-0.4, -0.2) is 50.1 Å². The molecule has 1 fully saturated rings. The maximum absolute atomic E-state index is 11.8. The lowest BCUT2D eigenvalue weighted by Crippen LogP contribution is -2.41. The fourth-order valence-electron chi connectivity index (χ4n) is 3.89. The highest BCUT2D eigenvalue weighted by molar-refractivity contribution is 7.88. The van der Waals surface area contributed by atoms with Crippen LogP contribution in [0.1, 0.15) is 12.8 Å². The molecule has 2 heterocycles. The second kappa shape index (κ2) is 8.00. The predicted molar refractivity (Wildman–Crippen MR) is 120 cm³/mol. The molecule has 0 amide bonds. The summed E-state index contributed by atoms with van der Waals surface area (Å²) >= 11 is 0. The lowest BCUT2D eigenvalue weighted by molar-refractivity contribution is 0.332. The number of fused-ring (bicyclic) bond motifs is 1. The first-order chi connectivity index (χ1) is 13.9. The van der Waals surface area contributed by atoms with Crippen LogP contribution in [0, 0.1) is 0 Å². The van der Waals surface area contributed by atoms with Crippen LogP contribution in [-0.2, 0) is 10.0 Å². The molecule has 0 spiro atoms. The summed E-state index contributed by atoms with van der Waals surface area (Å²) in [5.41, 5.74) is 4.39. The number of rotatable bonds is 5. The van der Waals surface area contributed by atoms with Gasteiger partial charge in [-0.2, -0.15) is 0 Å². The summed E-state index contributed by atoms with van der Waals surface area (Å²) in [5, 5.41) is 9.05. The van der Waals surface area contributed by atoms with Crippen LogP contribution in [0.4, 0.5) is 11.4 Å². The molecule has 6 nitrogen and oxygen atoms in total. The van der Waals surface area contributed by atoms with E-state index in [0.717, 1.165) is 46.1 Å². The zero-order valence-corrected chi connectivity index (χ0v) is 17.5. The van der Waals surface area contributed by atoms with Gasteiger partial charge >= 0.3 is 0 Å². The Morgan fingerprint density at radius 3 is 2.59 bits per heavy atom. The van der Waals surface area contributed by atoms with Crippen molar-refractivity contribution in [3.63, 3.8) is 0 Å². The first-order valence-electron chi connectivity index (χ1n) is 9.81. The van der Waals surface area contributed by atoms with E-state index in [4.69, 9.17) is 0 Å². The van der Waals surface area contributed by atoms with Gasteiger partial charge in [0.25, 0.3) is 0 Å². The van der Waals surface area contributed by atoms with Gasteiger partial charge in [-0.05, 0) is 59.7 Å². The van der Waals surface area contributed by atoms with Crippen LogP contribution >= 0.6 is 0 Å². The SMILES string of the molecule is CNc1cccc(-c2cc(NC3CCN(S(C)(=O)=O)CC3)c3cnccc3c2)c1. The number of benzene rings is 2. The number of hydrogen-bond acceptors (Lipinski definition) is 5. The molecule has 1 aliphatic heterocycles. The second-order valence-electron chi connectivity index (χ2n) is 7.53. The molecule has 0 radical (unpaired) electrons. The van der Waals surface area contributed by atoms with Crippen LogP contribution in [0.25, 0.3) is 21.9 Å². The summed E-state index contributed by atoms with van der Waals surface area (Å²) in [6, 6.07) is 14.9. The van der Waals surface area contributed by atoms with Crippen molar-refractivity contribution in [1.29, 1.82) is 0 Å². The standard InChI is InChI=1S/C22H26N4O2S/c1-23-20-5-3-4-16(13-20)18-12-17-6-9-24-15-21(17)22(14-18)25-19-7-10-26(11-8-19)29(2,27)28/h3-6,9,12-15,19,23,25H,7-8,10-11H2,1-2H3. The molecule has 0 saturated carbocycles. The van der Waals surface area contributed by atoms with Gasteiger partial charge in [-0.15, -0.1) is 0 Å². The Hall–Kier alpha value is -2.64. The van der Waals surface area contributed by atoms with Crippen molar-refractivity contribution in [3.05, 3.63) is 54.9 Å². The number of hydrogen-bond donors (Lipinski definition) is 2. The minimum absolute atomic E-state index is 0.232. The lowest BCUT2D eigenvalue weighted by atomic mass is 9.99. The topological polar surface area (TPSA) is 74.3 Å². The van der Waals surface area contributed by atoms with E-state index >= 15 is 0 Å². The summed E-state index contributed by atoms with van der Waals surface area (Å²) < 4.78 is 25.1. The number of nitrogens with zero attached hydrogens (tertiary/aromatic N) is 2. The molecule has 3 aromatic rings. The van der Waals surface area contributed by atoms with E-state index in [0.29, 0.717) is 13.1 Å². The van der Waals surface area contributed by atoms with Gasteiger partial charge in [-0.25, -0.2) is 12.7 Å². The summed E-state index contributed by atoms with van der Waals surface area (Å²) in [7, 11) is -1.20. The molecule has 2 N–H and O–H groups in total. The summed E-state index contributed by atoms with van der Waals surface area (Å²) in [6.07, 6.45) is 6.55. The fraction of sp³-hybridized carbons (Fsp3) is 0.318. The van der Waals surface area contributed by atoms with E-state index in [1.807, 2.05) is 37.6 Å². The fourth-order valence-corrected chi connectivity index (χ4v) is 4.76. The Labute approximate surface area is 172 Å². The summed E-state index contributed by atoms with van der Waals surface area (Å²) in [5.74, 6) is 0. The summed E-state index contributed by atoms with van der Waals surface area (Å²) in [6.45, 7) is 1.10. The minimum atomic E-state index is -3.12. The van der Waals surface area contributed by atoms with Crippen molar-refractivity contribution in [3.8, 4) is 11.1 Å². The molecule has 1 aliphatic rings. The highest BCUT2D eigenvalue weighted by atomic mass is 32.2. The van der Waals surface area contributed by atoms with E-state index in [1.54, 1.807) is 4.31 Å². The van der Waals surface area contributed by atoms with Crippen LogP contribution in [0.2, 0.25) is 0 Å². The Kier molecular flexibility index (Phi) is 5.43. The Morgan fingerprint density at radius 2 is 1.86 bits per heavy atom. The van der Waals surface area contributed by atoms with Crippen LogP contribution in [0.3, 0.4) is 0 Å². The lowest BCUT2D eigenvalue weighted by Gasteiger charge is -2.31. The molecule has 0 bridgehead atoms. The highest BCUT2D eigenvalue weighted by Crippen LogP contribution is 2.33. The Bertz CT molecular complexity index is 1120. The smallest absolute Gasteiger partial charge is 0.211 e. The molecule has 4 rings (SSSR count). The van der Waals surface area contributed by atoms with Gasteiger partial charge in [0.15, 0.2) is 0 Å². The molecule has 0 unspecified atom stereocenters. The third-order valence-corrected chi connectivity index (χ3v) is 6.83. The molecule has 29 heavy (non-hydrogen) atoms. The Morgan fingerprint density at radius 1 is 1.07 bits per heavy atom. The van der Waals surface area contributed by atoms with Crippen molar-refractivity contribution in [2.24, 2.45) is 0 Å². The maximum Gasteiger partial charge on any atom is 0.211 e. The third kappa shape index (κ3) is 4.36. The van der Waals surface area contributed by atoms with Crippen molar-refractivity contribution >= 4 is 32.2 Å². The third-order valence-electron chi connectivity index (χ3n) is 5.52. The maximum atomic E-state index is 11.8. The monoisotopic (exact) mass is 410 g/mol. The van der Waals surface area contributed by atoms with Gasteiger partial charge in [0.2, 0.25) is 10.0 Å². The normalized spacial score (nSPS) is 16.1. The predicted octanol–water partition coefficient (Wildman–Crippen LogP) is 3.78. The molecule has 0 aliphatic carbocycles. The van der Waals surface area contributed by atoms with E-state index in [9.17, 15) is 8.42 Å². The minimum Gasteiger partial charge on any atom is -0.388 e. The van der Waals surface area contributed by atoms with Gasteiger partial charge in [-0.1, -0.05) is 12.1 Å². The van der Waals surface area contributed by atoms with Crippen LogP contribution in [0.15, 0.2) is 54.9 Å². The number of sulfonamides is 1. The molecular weight excluding hydrogens is 384 g/mol. The molecule has 152 valence electrons. The van der Waals surface area contributed by atoms with Crippen molar-refractivity contribution in [2.45, 2.75) is 18.9 Å². The van der Waals surface area contributed by atoms with E-state index < -0.39 is 10.0 Å². The van der Waals surface area contributed by atoms with Gasteiger partial charge in [0.1, 0.15) is 0 Å². The number of anilines is 2. The van der Waals surface area contributed by atoms with Gasteiger partial charge < -0.3 is 10.6 Å². The summed E-state index contributed by atoms with van der Waals surface area (Å²) in [4.78, 5) is 4.30. The Balaban J connectivity index is 1.65. The number of piperidine rings is 1.